The third-order valence-corrected chi connectivity index (χ3v) is 6.00. The summed E-state index contributed by atoms with van der Waals surface area (Å²) < 4.78 is 1.51. The van der Waals surface area contributed by atoms with Crippen molar-refractivity contribution in [2.75, 3.05) is 0 Å². The van der Waals surface area contributed by atoms with E-state index in [0.29, 0.717) is 21.8 Å². The highest BCUT2D eigenvalue weighted by atomic mass is 35.5. The van der Waals surface area contributed by atoms with Gasteiger partial charge in [-0.2, -0.15) is 0 Å². The quantitative estimate of drug-likeness (QED) is 0.471. The molecule has 0 saturated carbocycles. The van der Waals surface area contributed by atoms with Crippen molar-refractivity contribution in [2.45, 2.75) is 26.4 Å². The summed E-state index contributed by atoms with van der Waals surface area (Å²) in [6.07, 6.45) is 1.71. The van der Waals surface area contributed by atoms with Crippen LogP contribution in [0.25, 0.3) is 21.3 Å². The van der Waals surface area contributed by atoms with Crippen LogP contribution < -0.4 is 10.9 Å². The van der Waals surface area contributed by atoms with Gasteiger partial charge in [0.15, 0.2) is 0 Å². The van der Waals surface area contributed by atoms with Crippen molar-refractivity contribution in [3.05, 3.63) is 86.7 Å². The Morgan fingerprint density at radius 2 is 2.00 bits per heavy atom. The van der Waals surface area contributed by atoms with Crippen LogP contribution in [-0.4, -0.2) is 15.5 Å². The number of nitrogens with zero attached hydrogens (tertiary/aromatic N) is 2. The van der Waals surface area contributed by atoms with E-state index in [4.69, 9.17) is 11.6 Å². The molecule has 2 heterocycles. The molecule has 4 aromatic rings. The number of fused-ring (bicyclic) bond motifs is 1. The molecule has 0 spiro atoms. The summed E-state index contributed by atoms with van der Waals surface area (Å²) >= 11 is 7.42. The van der Waals surface area contributed by atoms with Gasteiger partial charge in [0.2, 0.25) is 5.91 Å². The largest absolute Gasteiger partial charge is 0.352 e. The minimum absolute atomic E-state index is 0.125. The predicted molar refractivity (Wildman–Crippen MR) is 122 cm³/mol. The molecule has 0 fully saturated rings. The molecule has 2 aromatic carbocycles. The SMILES string of the molecule is Cc1ccc(-c2csc3ncn(CCC(=O)NCc4cccc(Cl)c4)c(=O)c23)cc1. The van der Waals surface area contributed by atoms with E-state index in [9.17, 15) is 9.59 Å². The number of aryl methyl sites for hydroxylation is 2. The molecule has 152 valence electrons. The number of rotatable bonds is 6. The van der Waals surface area contributed by atoms with Gasteiger partial charge < -0.3 is 5.32 Å². The number of hydrogen-bond donors (Lipinski definition) is 1. The fourth-order valence-corrected chi connectivity index (χ4v) is 4.35. The van der Waals surface area contributed by atoms with Crippen molar-refractivity contribution in [1.82, 2.24) is 14.9 Å². The van der Waals surface area contributed by atoms with Crippen LogP contribution in [0.4, 0.5) is 0 Å². The maximum absolute atomic E-state index is 13.1. The molecule has 4 rings (SSSR count). The molecular formula is C23H20ClN3O2S. The van der Waals surface area contributed by atoms with Gasteiger partial charge in [-0.1, -0.05) is 53.6 Å². The van der Waals surface area contributed by atoms with Crippen LogP contribution >= 0.6 is 22.9 Å². The minimum atomic E-state index is -0.133. The number of thiophene rings is 1. The zero-order valence-corrected chi connectivity index (χ0v) is 18.0. The number of hydrogen-bond acceptors (Lipinski definition) is 4. The van der Waals surface area contributed by atoms with Crippen molar-refractivity contribution in [1.29, 1.82) is 0 Å². The summed E-state index contributed by atoms with van der Waals surface area (Å²) in [6, 6.07) is 15.4. The average Bonchev–Trinajstić information content (AvgIpc) is 3.17. The van der Waals surface area contributed by atoms with Crippen LogP contribution in [0.1, 0.15) is 17.5 Å². The Hall–Kier alpha value is -2.96. The first-order valence-electron chi connectivity index (χ1n) is 9.56. The normalized spacial score (nSPS) is 11.0. The number of carbonyl (C=O) groups is 1. The zero-order valence-electron chi connectivity index (χ0n) is 16.4. The lowest BCUT2D eigenvalue weighted by Crippen LogP contribution is -2.27. The maximum Gasteiger partial charge on any atom is 0.262 e. The molecule has 30 heavy (non-hydrogen) atoms. The van der Waals surface area contributed by atoms with Gasteiger partial charge in [-0.25, -0.2) is 4.98 Å². The summed E-state index contributed by atoms with van der Waals surface area (Å²) in [5, 5.41) is 6.06. The van der Waals surface area contributed by atoms with E-state index in [1.54, 1.807) is 6.07 Å². The van der Waals surface area contributed by atoms with Crippen molar-refractivity contribution >= 4 is 39.1 Å². The number of halogens is 1. The Bertz CT molecular complexity index is 1260. The lowest BCUT2D eigenvalue weighted by Gasteiger charge is -2.08. The van der Waals surface area contributed by atoms with Crippen LogP contribution in [0.3, 0.4) is 0 Å². The molecule has 0 bridgehead atoms. The van der Waals surface area contributed by atoms with E-state index >= 15 is 0 Å². The first-order valence-corrected chi connectivity index (χ1v) is 10.8. The van der Waals surface area contributed by atoms with Crippen LogP contribution in [0.15, 0.2) is 65.0 Å². The van der Waals surface area contributed by atoms with Gasteiger partial charge in [0.05, 0.1) is 11.7 Å². The fraction of sp³-hybridized carbons (Fsp3) is 0.174. The molecule has 0 aliphatic carbocycles. The molecule has 0 unspecified atom stereocenters. The maximum atomic E-state index is 13.1. The standard InChI is InChI=1S/C23H20ClN3O2S/c1-15-5-7-17(8-6-15)19-13-30-22-21(19)23(29)27(14-26-22)10-9-20(28)25-12-16-3-2-4-18(24)11-16/h2-8,11,13-14H,9-10,12H2,1H3,(H,25,28). The number of amides is 1. The van der Waals surface area contributed by atoms with Gasteiger partial charge in [0.25, 0.3) is 5.56 Å². The molecule has 0 aliphatic rings. The van der Waals surface area contributed by atoms with E-state index in [1.807, 2.05) is 54.8 Å². The second-order valence-corrected chi connectivity index (χ2v) is 8.39. The summed E-state index contributed by atoms with van der Waals surface area (Å²) in [4.78, 5) is 30.4. The van der Waals surface area contributed by atoms with Crippen molar-refractivity contribution in [2.24, 2.45) is 0 Å². The Kier molecular flexibility index (Phi) is 5.97. The third-order valence-electron chi connectivity index (χ3n) is 4.88. The van der Waals surface area contributed by atoms with E-state index in [2.05, 4.69) is 10.3 Å². The monoisotopic (exact) mass is 437 g/mol. The van der Waals surface area contributed by atoms with Gasteiger partial charge in [-0.05, 0) is 30.2 Å². The van der Waals surface area contributed by atoms with E-state index in [-0.39, 0.29) is 24.4 Å². The van der Waals surface area contributed by atoms with E-state index < -0.39 is 0 Å². The van der Waals surface area contributed by atoms with Crippen LogP contribution in [0.5, 0.6) is 0 Å². The molecule has 5 nitrogen and oxygen atoms in total. The van der Waals surface area contributed by atoms with Crippen LogP contribution in [0, 0.1) is 6.92 Å². The first kappa shape index (κ1) is 20.3. The molecule has 0 aliphatic heterocycles. The highest BCUT2D eigenvalue weighted by Gasteiger charge is 2.14. The van der Waals surface area contributed by atoms with Crippen LogP contribution in [0.2, 0.25) is 5.02 Å². The predicted octanol–water partition coefficient (Wildman–Crippen LogP) is 4.79. The number of aromatic nitrogens is 2. The van der Waals surface area contributed by atoms with Gasteiger partial charge in [-0.3, -0.25) is 14.2 Å². The molecule has 2 aromatic heterocycles. The smallest absolute Gasteiger partial charge is 0.262 e. The third kappa shape index (κ3) is 4.45. The Balaban J connectivity index is 1.48. The highest BCUT2D eigenvalue weighted by Crippen LogP contribution is 2.30. The van der Waals surface area contributed by atoms with E-state index in [1.165, 1.54) is 22.2 Å². The lowest BCUT2D eigenvalue weighted by molar-refractivity contribution is -0.121. The molecule has 0 radical (unpaired) electrons. The molecule has 0 saturated heterocycles. The summed E-state index contributed by atoms with van der Waals surface area (Å²) in [5.74, 6) is -0.133. The Morgan fingerprint density at radius 3 is 2.77 bits per heavy atom. The number of carbonyl (C=O) groups excluding carboxylic acids is 1. The van der Waals surface area contributed by atoms with Gasteiger partial charge in [-0.15, -0.1) is 11.3 Å². The van der Waals surface area contributed by atoms with Gasteiger partial charge in [0.1, 0.15) is 4.83 Å². The minimum Gasteiger partial charge on any atom is -0.352 e. The fourth-order valence-electron chi connectivity index (χ4n) is 3.23. The van der Waals surface area contributed by atoms with E-state index in [0.717, 1.165) is 22.3 Å². The van der Waals surface area contributed by atoms with Crippen molar-refractivity contribution < 1.29 is 4.79 Å². The molecule has 7 heteroatoms. The molecule has 1 amide bonds. The summed E-state index contributed by atoms with van der Waals surface area (Å²) in [7, 11) is 0. The average molecular weight is 438 g/mol. The molecule has 0 atom stereocenters. The Morgan fingerprint density at radius 1 is 1.20 bits per heavy atom. The summed E-state index contributed by atoms with van der Waals surface area (Å²) in [6.45, 7) is 2.70. The lowest BCUT2D eigenvalue weighted by atomic mass is 10.1. The summed E-state index contributed by atoms with van der Waals surface area (Å²) in [5.41, 5.74) is 3.84. The second-order valence-electron chi connectivity index (χ2n) is 7.10. The highest BCUT2D eigenvalue weighted by molar-refractivity contribution is 7.17. The van der Waals surface area contributed by atoms with Crippen molar-refractivity contribution in [3.63, 3.8) is 0 Å². The first-order chi connectivity index (χ1) is 14.5. The zero-order chi connectivity index (χ0) is 21.1. The van der Waals surface area contributed by atoms with Gasteiger partial charge >= 0.3 is 0 Å². The van der Waals surface area contributed by atoms with Crippen LogP contribution in [-0.2, 0) is 17.9 Å². The number of nitrogens with one attached hydrogen (secondary N) is 1. The van der Waals surface area contributed by atoms with Gasteiger partial charge in [0, 0.05) is 35.5 Å². The number of benzene rings is 2. The Labute approximate surface area is 183 Å². The molecular weight excluding hydrogens is 418 g/mol. The van der Waals surface area contributed by atoms with Crippen molar-refractivity contribution in [3.8, 4) is 11.1 Å². The second kappa shape index (κ2) is 8.81. The topological polar surface area (TPSA) is 64.0 Å². The molecule has 1 N–H and O–H groups in total.